The maximum atomic E-state index is 13.3. The molecule has 0 saturated heterocycles. The van der Waals surface area contributed by atoms with Crippen molar-refractivity contribution in [2.45, 2.75) is 20.3 Å². The van der Waals surface area contributed by atoms with E-state index in [1.807, 2.05) is 86.6 Å². The molecule has 318 valence electrons. The summed E-state index contributed by atoms with van der Waals surface area (Å²) in [5.74, 6) is -0.0608. The summed E-state index contributed by atoms with van der Waals surface area (Å²) in [6.07, 6.45) is 1.95. The summed E-state index contributed by atoms with van der Waals surface area (Å²) in [4.78, 5) is 32.0. The molecule has 2 heterocycles. The van der Waals surface area contributed by atoms with Crippen molar-refractivity contribution in [3.63, 3.8) is 0 Å². The molecule has 15 nitrogen and oxygen atoms in total. The Morgan fingerprint density at radius 3 is 1.97 bits per heavy atom. The van der Waals surface area contributed by atoms with Gasteiger partial charge in [0, 0.05) is 27.6 Å². The lowest BCUT2D eigenvalue weighted by molar-refractivity contribution is -0.115. The van der Waals surface area contributed by atoms with Gasteiger partial charge < -0.3 is 38.5 Å². The molecular formula is C42H51N3O12S2. The second-order valence-electron chi connectivity index (χ2n) is 13.2. The molecule has 5 rings (SSSR count). The van der Waals surface area contributed by atoms with Crippen molar-refractivity contribution in [1.29, 1.82) is 0 Å². The zero-order valence-electron chi connectivity index (χ0n) is 33.3. The lowest BCUT2D eigenvalue weighted by Gasteiger charge is -2.09. The molecule has 1 amide bonds. The molecule has 59 heavy (non-hydrogen) atoms. The summed E-state index contributed by atoms with van der Waals surface area (Å²) in [5.41, 5.74) is 4.89. The van der Waals surface area contributed by atoms with Gasteiger partial charge in [0.2, 0.25) is 5.91 Å². The molecule has 3 aromatic carbocycles. The van der Waals surface area contributed by atoms with Crippen LogP contribution in [0.15, 0.2) is 79.0 Å². The van der Waals surface area contributed by atoms with E-state index < -0.39 is 15.9 Å². The molecule has 17 heteroatoms. The number of aromatic nitrogens is 2. The largest absolute Gasteiger partial charge is 0.491 e. The molecule has 0 aliphatic carbocycles. The Morgan fingerprint density at radius 2 is 1.34 bits per heavy atom. The Kier molecular flexibility index (Phi) is 18.4. The zero-order valence-corrected chi connectivity index (χ0v) is 34.9. The van der Waals surface area contributed by atoms with Crippen molar-refractivity contribution in [2.75, 3.05) is 97.0 Å². The number of aryl methyl sites for hydroxylation is 2. The van der Waals surface area contributed by atoms with E-state index in [9.17, 15) is 18.0 Å². The maximum Gasteiger partial charge on any atom is 0.267 e. The molecule has 2 N–H and O–H groups in total. The number of hydrogen-bond donors (Lipinski definition) is 2. The van der Waals surface area contributed by atoms with Gasteiger partial charge in [-0.25, -0.2) is 4.98 Å². The van der Waals surface area contributed by atoms with Crippen molar-refractivity contribution < 1.29 is 55.7 Å². The number of rotatable bonds is 27. The molecule has 0 spiro atoms. The highest BCUT2D eigenvalue weighted by atomic mass is 32.2. The quantitative estimate of drug-likeness (QED) is 0.0491. The number of carbonyl (C=O) groups excluding carboxylic acids is 2. The second-order valence-corrected chi connectivity index (χ2v) is 16.0. The van der Waals surface area contributed by atoms with Gasteiger partial charge in [0.15, 0.2) is 5.13 Å². The van der Waals surface area contributed by atoms with Crippen molar-refractivity contribution in [3.05, 3.63) is 101 Å². The Hall–Kier alpha value is -4.56. The van der Waals surface area contributed by atoms with Gasteiger partial charge in [0.05, 0.1) is 103 Å². The number of anilines is 1. The lowest BCUT2D eigenvalue weighted by Crippen LogP contribution is -2.15. The summed E-state index contributed by atoms with van der Waals surface area (Å²) < 4.78 is 69.6. The van der Waals surface area contributed by atoms with E-state index in [-0.39, 0.29) is 31.4 Å². The summed E-state index contributed by atoms with van der Waals surface area (Å²) in [5, 5.41) is 4.38. The van der Waals surface area contributed by atoms with Crippen LogP contribution in [0.4, 0.5) is 5.13 Å². The Labute approximate surface area is 348 Å². The summed E-state index contributed by atoms with van der Waals surface area (Å²) in [6, 6.07) is 22.8. The minimum atomic E-state index is -4.01. The Morgan fingerprint density at radius 1 is 0.729 bits per heavy atom. The number of ether oxygens (including phenoxy) is 7. The third-order valence-corrected chi connectivity index (χ3v) is 10.3. The molecule has 2 aromatic heterocycles. The average Bonchev–Trinajstić information content (AvgIpc) is 3.80. The van der Waals surface area contributed by atoms with E-state index in [4.69, 9.17) is 42.7 Å². The van der Waals surface area contributed by atoms with Crippen LogP contribution in [0.25, 0.3) is 22.2 Å². The van der Waals surface area contributed by atoms with Crippen LogP contribution in [0.2, 0.25) is 0 Å². The van der Waals surface area contributed by atoms with Gasteiger partial charge in [0.25, 0.3) is 16.0 Å². The summed E-state index contributed by atoms with van der Waals surface area (Å²) in [6.45, 7) is 8.35. The number of benzene rings is 3. The second kappa shape index (κ2) is 23.9. The van der Waals surface area contributed by atoms with Crippen LogP contribution in [-0.4, -0.2) is 126 Å². The first-order valence-corrected chi connectivity index (χ1v) is 21.6. The molecule has 0 saturated carbocycles. The number of fused-ring (bicyclic) bond motifs is 1. The van der Waals surface area contributed by atoms with Crippen molar-refractivity contribution in [1.82, 2.24) is 9.55 Å². The van der Waals surface area contributed by atoms with Gasteiger partial charge in [-0.3, -0.25) is 18.7 Å². The fourth-order valence-corrected chi connectivity index (χ4v) is 6.99. The number of hydrogen-bond acceptors (Lipinski definition) is 13. The van der Waals surface area contributed by atoms with Crippen LogP contribution in [0.3, 0.4) is 0 Å². The highest BCUT2D eigenvalue weighted by Crippen LogP contribution is 2.33. The lowest BCUT2D eigenvalue weighted by atomic mass is 10.1. The van der Waals surface area contributed by atoms with E-state index in [1.54, 1.807) is 10.8 Å². The van der Waals surface area contributed by atoms with E-state index in [0.29, 0.717) is 89.1 Å². The minimum absolute atomic E-state index is 0.0763. The normalized spacial score (nSPS) is 11.6. The van der Waals surface area contributed by atoms with E-state index in [2.05, 4.69) is 5.32 Å². The first-order valence-electron chi connectivity index (χ1n) is 19.2. The molecule has 0 bridgehead atoms. The van der Waals surface area contributed by atoms with Crippen molar-refractivity contribution in [2.24, 2.45) is 0 Å². The molecular weight excluding hydrogens is 803 g/mol. The standard InChI is InChI=1S/C42H51N3O12S2/c1-31-6-3-4-9-37(31)41(47)45-13-12-34-30-35(10-11-38(34)45)40-32(2)58-42(44-40)43-39(46)29-33-7-5-8-36(28-33)57-25-24-55-21-20-53-17-16-51-14-15-52-18-19-54-22-23-56-26-27-59(48,49)50/h3-13,28,30H,14-27,29H2,1-2H3,(H,43,44,46)(H,48,49,50). The first-order chi connectivity index (χ1) is 28.6. The van der Waals surface area contributed by atoms with Gasteiger partial charge in [-0.2, -0.15) is 8.42 Å². The topological polar surface area (TPSA) is 183 Å². The molecule has 0 radical (unpaired) electrons. The summed E-state index contributed by atoms with van der Waals surface area (Å²) >= 11 is 1.41. The first kappa shape index (κ1) is 45.5. The number of nitrogens with zero attached hydrogens (tertiary/aromatic N) is 2. The van der Waals surface area contributed by atoms with Gasteiger partial charge in [-0.15, -0.1) is 11.3 Å². The minimum Gasteiger partial charge on any atom is -0.491 e. The molecule has 0 aliphatic heterocycles. The predicted molar refractivity (Wildman–Crippen MR) is 224 cm³/mol. The highest BCUT2D eigenvalue weighted by molar-refractivity contribution is 7.85. The van der Waals surface area contributed by atoms with Gasteiger partial charge in [0.1, 0.15) is 12.4 Å². The fraction of sp³-hybridized carbons (Fsp3) is 0.405. The number of amides is 1. The smallest absolute Gasteiger partial charge is 0.267 e. The van der Waals surface area contributed by atoms with Crippen molar-refractivity contribution >= 4 is 49.3 Å². The number of nitrogens with one attached hydrogen (secondary N) is 1. The molecule has 0 unspecified atom stereocenters. The molecule has 0 aliphatic rings. The van der Waals surface area contributed by atoms with E-state index in [1.165, 1.54) is 11.3 Å². The molecule has 0 fully saturated rings. The third kappa shape index (κ3) is 15.5. The highest BCUT2D eigenvalue weighted by Gasteiger charge is 2.17. The average molecular weight is 854 g/mol. The van der Waals surface area contributed by atoms with Crippen molar-refractivity contribution in [3.8, 4) is 17.0 Å². The van der Waals surface area contributed by atoms with Gasteiger partial charge in [-0.05, 0) is 61.4 Å². The zero-order chi connectivity index (χ0) is 41.9. The summed E-state index contributed by atoms with van der Waals surface area (Å²) in [7, 11) is -4.01. The third-order valence-electron chi connectivity index (χ3n) is 8.71. The van der Waals surface area contributed by atoms with Gasteiger partial charge >= 0.3 is 0 Å². The molecule has 5 aromatic rings. The Bertz CT molecular complexity index is 2210. The predicted octanol–water partition coefficient (Wildman–Crippen LogP) is 5.62. The van der Waals surface area contributed by atoms with Crippen LogP contribution in [0.1, 0.15) is 26.4 Å². The van der Waals surface area contributed by atoms with Crippen LogP contribution in [0, 0.1) is 13.8 Å². The van der Waals surface area contributed by atoms with Crippen LogP contribution in [-0.2, 0) is 49.8 Å². The SMILES string of the molecule is Cc1ccccc1C(=O)n1ccc2cc(-c3nc(NC(=O)Cc4cccc(OCCOCCOCCOCCOCCOCCOCCS(=O)(=O)O)c4)sc3C)ccc21. The van der Waals surface area contributed by atoms with Gasteiger partial charge in [-0.1, -0.05) is 36.4 Å². The number of carbonyl (C=O) groups is 2. The van der Waals surface area contributed by atoms with E-state index >= 15 is 0 Å². The van der Waals surface area contributed by atoms with Crippen LogP contribution >= 0.6 is 11.3 Å². The molecule has 0 atom stereocenters. The fourth-order valence-electron chi connectivity index (χ4n) is 5.81. The van der Waals surface area contributed by atoms with E-state index in [0.717, 1.165) is 38.2 Å². The van der Waals surface area contributed by atoms with Crippen LogP contribution < -0.4 is 10.1 Å². The monoisotopic (exact) mass is 853 g/mol. The maximum absolute atomic E-state index is 13.3. The Balaban J connectivity index is 0.908. The number of thiazole rings is 1. The van der Waals surface area contributed by atoms with Crippen LogP contribution in [0.5, 0.6) is 5.75 Å².